The van der Waals surface area contributed by atoms with Gasteiger partial charge < -0.3 is 14.8 Å². The van der Waals surface area contributed by atoms with Crippen LogP contribution in [0.3, 0.4) is 0 Å². The Bertz CT molecular complexity index is 214. The molecule has 0 saturated carbocycles. The minimum Gasteiger partial charge on any atom is -0.463 e. The van der Waals surface area contributed by atoms with Gasteiger partial charge in [0.2, 0.25) is 0 Å². The minimum atomic E-state index is -0.300. The molecule has 0 aromatic heterocycles. The molecule has 0 spiro atoms. The van der Waals surface area contributed by atoms with Gasteiger partial charge in [-0.2, -0.15) is 0 Å². The Hall–Kier alpha value is -1.13. The lowest BCUT2D eigenvalue weighted by Crippen LogP contribution is -2.20. The fourth-order valence-electron chi connectivity index (χ4n) is 0.944. The van der Waals surface area contributed by atoms with Crippen molar-refractivity contribution in [2.45, 2.75) is 13.3 Å². The number of nitrogens with one attached hydrogen (secondary N) is 1. The third-order valence-electron chi connectivity index (χ3n) is 1.69. The fourth-order valence-corrected chi connectivity index (χ4v) is 0.944. The number of hydrogen-bond acceptors (Lipinski definition) is 4. The predicted octanol–water partition coefficient (Wildman–Crippen LogP) is 1.29. The van der Waals surface area contributed by atoms with Crippen LogP contribution < -0.4 is 5.32 Å². The Kier molecular flexibility index (Phi) is 11.1. The summed E-state index contributed by atoms with van der Waals surface area (Å²) >= 11 is 0. The van der Waals surface area contributed by atoms with Crippen molar-refractivity contribution in [3.8, 4) is 0 Å². The van der Waals surface area contributed by atoms with Crippen molar-refractivity contribution >= 4 is 5.97 Å². The molecule has 0 aromatic carbocycles. The van der Waals surface area contributed by atoms with Crippen LogP contribution in [-0.4, -0.2) is 38.9 Å². The van der Waals surface area contributed by atoms with Gasteiger partial charge in [0.05, 0.1) is 19.8 Å². The summed E-state index contributed by atoms with van der Waals surface area (Å²) in [5, 5.41) is 3.11. The van der Waals surface area contributed by atoms with Crippen molar-refractivity contribution in [2.75, 3.05) is 32.9 Å². The highest BCUT2D eigenvalue weighted by Gasteiger charge is 1.91. The number of ether oxygens (including phenoxy) is 2. The lowest BCUT2D eigenvalue weighted by molar-refractivity contribution is -0.137. The van der Waals surface area contributed by atoms with Gasteiger partial charge in [-0.1, -0.05) is 12.2 Å². The molecule has 0 radical (unpaired) electrons. The molecule has 4 nitrogen and oxygen atoms in total. The Morgan fingerprint density at radius 1 is 1.44 bits per heavy atom. The van der Waals surface area contributed by atoms with Gasteiger partial charge in [-0.05, 0) is 13.3 Å². The van der Waals surface area contributed by atoms with Crippen LogP contribution in [0, 0.1) is 0 Å². The summed E-state index contributed by atoms with van der Waals surface area (Å²) in [4.78, 5) is 10.9. The predicted molar refractivity (Wildman–Crippen MR) is 64.3 cm³/mol. The quantitative estimate of drug-likeness (QED) is 0.264. The van der Waals surface area contributed by atoms with Crippen molar-refractivity contribution in [1.82, 2.24) is 5.32 Å². The number of carbonyl (C=O) groups excluding carboxylic acids is 1. The van der Waals surface area contributed by atoms with Crippen LogP contribution in [0.1, 0.15) is 13.3 Å². The van der Waals surface area contributed by atoms with Crippen molar-refractivity contribution in [3.05, 3.63) is 24.8 Å². The van der Waals surface area contributed by atoms with Crippen molar-refractivity contribution in [3.63, 3.8) is 0 Å². The summed E-state index contributed by atoms with van der Waals surface area (Å²) in [6, 6.07) is 0. The van der Waals surface area contributed by atoms with Gasteiger partial charge in [-0.3, -0.25) is 0 Å². The summed E-state index contributed by atoms with van der Waals surface area (Å²) in [7, 11) is 0. The molecule has 0 heterocycles. The van der Waals surface area contributed by atoms with Crippen LogP contribution in [0.5, 0.6) is 0 Å². The zero-order chi connectivity index (χ0) is 12.1. The number of esters is 1. The molecule has 0 fully saturated rings. The van der Waals surface area contributed by atoms with Gasteiger partial charge in [0.1, 0.15) is 0 Å². The molecule has 0 unspecified atom stereocenters. The average Bonchev–Trinajstić information content (AvgIpc) is 2.27. The molecule has 1 N–H and O–H groups in total. The highest BCUT2D eigenvalue weighted by atomic mass is 16.5. The lowest BCUT2D eigenvalue weighted by atomic mass is 10.4. The molecule has 0 atom stereocenters. The average molecular weight is 227 g/mol. The Labute approximate surface area is 97.3 Å². The molecule has 0 rings (SSSR count). The zero-order valence-corrected chi connectivity index (χ0v) is 9.91. The first-order valence-electron chi connectivity index (χ1n) is 5.54. The molecule has 4 heteroatoms. The maximum Gasteiger partial charge on any atom is 0.330 e. The van der Waals surface area contributed by atoms with E-state index in [0.717, 1.165) is 13.0 Å². The molecule has 0 aromatic rings. The molecular weight excluding hydrogens is 206 g/mol. The van der Waals surface area contributed by atoms with Gasteiger partial charge in [0.25, 0.3) is 0 Å². The van der Waals surface area contributed by atoms with E-state index in [2.05, 4.69) is 11.9 Å². The molecule has 92 valence electrons. The molecule has 0 saturated heterocycles. The topological polar surface area (TPSA) is 47.6 Å². The van der Waals surface area contributed by atoms with Crippen LogP contribution in [-0.2, 0) is 14.3 Å². The molecule has 0 bridgehead atoms. The summed E-state index contributed by atoms with van der Waals surface area (Å²) in [6.07, 6.45) is 5.87. The van der Waals surface area contributed by atoms with E-state index in [9.17, 15) is 4.79 Å². The highest BCUT2D eigenvalue weighted by molar-refractivity contribution is 5.81. The largest absolute Gasteiger partial charge is 0.463 e. The van der Waals surface area contributed by atoms with E-state index in [1.54, 1.807) is 13.0 Å². The summed E-state index contributed by atoms with van der Waals surface area (Å²) in [5.41, 5.74) is 0. The summed E-state index contributed by atoms with van der Waals surface area (Å²) in [5.74, 6) is -0.300. The smallest absolute Gasteiger partial charge is 0.330 e. The maximum atomic E-state index is 10.9. The van der Waals surface area contributed by atoms with E-state index in [1.807, 2.05) is 6.08 Å². The lowest BCUT2D eigenvalue weighted by Gasteiger charge is -2.02. The first-order chi connectivity index (χ1) is 7.81. The summed E-state index contributed by atoms with van der Waals surface area (Å²) in [6.45, 7) is 8.59. The van der Waals surface area contributed by atoms with Crippen molar-refractivity contribution < 1.29 is 14.3 Å². The fraction of sp³-hybridized carbons (Fsp3) is 0.583. The van der Waals surface area contributed by atoms with E-state index >= 15 is 0 Å². The second-order valence-electron chi connectivity index (χ2n) is 3.05. The Morgan fingerprint density at radius 3 is 2.94 bits per heavy atom. The number of rotatable bonds is 10. The second kappa shape index (κ2) is 11.9. The molecule has 0 aliphatic rings. The van der Waals surface area contributed by atoms with E-state index in [0.29, 0.717) is 26.4 Å². The highest BCUT2D eigenvalue weighted by Crippen LogP contribution is 1.82. The monoisotopic (exact) mass is 227 g/mol. The van der Waals surface area contributed by atoms with Crippen molar-refractivity contribution in [2.24, 2.45) is 0 Å². The first kappa shape index (κ1) is 14.9. The zero-order valence-electron chi connectivity index (χ0n) is 9.91. The molecule has 0 aliphatic carbocycles. The maximum absolute atomic E-state index is 10.9. The molecule has 0 amide bonds. The third kappa shape index (κ3) is 10.9. The van der Waals surface area contributed by atoms with Crippen LogP contribution in [0.2, 0.25) is 0 Å². The first-order valence-corrected chi connectivity index (χ1v) is 5.54. The standard InChI is InChI=1S/C12H21NO3/c1-3-5-10-15-11-9-13-8-6-7-12(14)16-4-2/h3,6-7,13H,1,4-5,8-11H2,2H3/b7-6+. The van der Waals surface area contributed by atoms with Gasteiger partial charge in [-0.25, -0.2) is 4.79 Å². The number of hydrogen-bond donors (Lipinski definition) is 1. The molecule has 16 heavy (non-hydrogen) atoms. The minimum absolute atomic E-state index is 0.300. The third-order valence-corrected chi connectivity index (χ3v) is 1.69. The van der Waals surface area contributed by atoms with Gasteiger partial charge in [0.15, 0.2) is 0 Å². The van der Waals surface area contributed by atoms with Gasteiger partial charge in [-0.15, -0.1) is 6.58 Å². The van der Waals surface area contributed by atoms with E-state index < -0.39 is 0 Å². The normalized spacial score (nSPS) is 10.6. The SMILES string of the molecule is C=CCCOCCNC/C=C/C(=O)OCC. The van der Waals surface area contributed by atoms with E-state index in [-0.39, 0.29) is 5.97 Å². The van der Waals surface area contributed by atoms with Crippen LogP contribution in [0.15, 0.2) is 24.8 Å². The van der Waals surface area contributed by atoms with Crippen LogP contribution >= 0.6 is 0 Å². The summed E-state index contributed by atoms with van der Waals surface area (Å²) < 4.78 is 10.0. The van der Waals surface area contributed by atoms with Crippen molar-refractivity contribution in [1.29, 1.82) is 0 Å². The molecule has 0 aliphatic heterocycles. The van der Waals surface area contributed by atoms with Crippen LogP contribution in [0.4, 0.5) is 0 Å². The molecular formula is C12H21NO3. The van der Waals surface area contributed by atoms with E-state index in [4.69, 9.17) is 9.47 Å². The van der Waals surface area contributed by atoms with E-state index in [1.165, 1.54) is 6.08 Å². The van der Waals surface area contributed by atoms with Gasteiger partial charge in [0, 0.05) is 19.2 Å². The van der Waals surface area contributed by atoms with Gasteiger partial charge >= 0.3 is 5.97 Å². The second-order valence-corrected chi connectivity index (χ2v) is 3.05. The Morgan fingerprint density at radius 2 is 2.25 bits per heavy atom. The Balaban J connectivity index is 3.20. The van der Waals surface area contributed by atoms with Crippen LogP contribution in [0.25, 0.3) is 0 Å². The number of carbonyl (C=O) groups is 1.